The summed E-state index contributed by atoms with van der Waals surface area (Å²) in [5, 5.41) is 7.79. The van der Waals surface area contributed by atoms with Crippen molar-refractivity contribution < 1.29 is 0 Å². The van der Waals surface area contributed by atoms with Crippen LogP contribution in [0.4, 0.5) is 0 Å². The molecule has 0 aliphatic heterocycles. The molecule has 1 N–H and O–H groups in total. The fourth-order valence-corrected chi connectivity index (χ4v) is 1.55. The Balaban J connectivity index is 1.99. The zero-order valence-electron chi connectivity index (χ0n) is 9.12. The number of nitrogens with zero attached hydrogens (tertiary/aromatic N) is 3. The largest absolute Gasteiger partial charge is 0.307 e. The number of hydrogen-bond donors (Lipinski definition) is 1. The first kappa shape index (κ1) is 9.65. The molecule has 0 aromatic carbocycles. The molecule has 14 heavy (non-hydrogen) atoms. The number of nitrogens with one attached hydrogen (secondary N) is 1. The van der Waals surface area contributed by atoms with Gasteiger partial charge in [-0.05, 0) is 12.8 Å². The summed E-state index contributed by atoms with van der Waals surface area (Å²) in [5.41, 5.74) is 0. The SMILES string of the molecule is CC(C)c1nc(CNC2CC2)nn1C. The highest BCUT2D eigenvalue weighted by molar-refractivity contribution is 4.97. The molecule has 1 aromatic rings. The molecule has 0 radical (unpaired) electrons. The van der Waals surface area contributed by atoms with Crippen LogP contribution in [0, 0.1) is 0 Å². The first-order chi connectivity index (χ1) is 6.66. The minimum absolute atomic E-state index is 0.446. The van der Waals surface area contributed by atoms with Crippen LogP contribution in [0.2, 0.25) is 0 Å². The molecule has 0 amide bonds. The minimum Gasteiger partial charge on any atom is -0.307 e. The van der Waals surface area contributed by atoms with E-state index >= 15 is 0 Å². The van der Waals surface area contributed by atoms with E-state index in [1.165, 1.54) is 12.8 Å². The first-order valence-corrected chi connectivity index (χ1v) is 5.30. The maximum absolute atomic E-state index is 4.50. The Morgan fingerprint density at radius 1 is 1.50 bits per heavy atom. The van der Waals surface area contributed by atoms with Gasteiger partial charge in [0.05, 0.1) is 6.54 Å². The van der Waals surface area contributed by atoms with Crippen molar-refractivity contribution in [1.82, 2.24) is 20.1 Å². The second kappa shape index (κ2) is 3.69. The van der Waals surface area contributed by atoms with E-state index in [0.29, 0.717) is 5.92 Å². The molecule has 0 unspecified atom stereocenters. The van der Waals surface area contributed by atoms with Gasteiger partial charge in [-0.1, -0.05) is 13.8 Å². The van der Waals surface area contributed by atoms with Crippen LogP contribution in [0.1, 0.15) is 44.3 Å². The molecule has 1 aliphatic carbocycles. The van der Waals surface area contributed by atoms with E-state index in [1.807, 2.05) is 11.7 Å². The Morgan fingerprint density at radius 2 is 2.21 bits per heavy atom. The number of aryl methyl sites for hydroxylation is 1. The number of rotatable bonds is 4. The van der Waals surface area contributed by atoms with E-state index in [1.54, 1.807) is 0 Å². The van der Waals surface area contributed by atoms with Crippen molar-refractivity contribution in [1.29, 1.82) is 0 Å². The van der Waals surface area contributed by atoms with Crippen LogP contribution >= 0.6 is 0 Å². The smallest absolute Gasteiger partial charge is 0.164 e. The van der Waals surface area contributed by atoms with Crippen LogP contribution in [-0.2, 0) is 13.6 Å². The first-order valence-electron chi connectivity index (χ1n) is 5.30. The number of aromatic nitrogens is 3. The van der Waals surface area contributed by atoms with Gasteiger partial charge in [-0.25, -0.2) is 4.98 Å². The van der Waals surface area contributed by atoms with E-state index in [-0.39, 0.29) is 0 Å². The lowest BCUT2D eigenvalue weighted by Crippen LogP contribution is -2.16. The minimum atomic E-state index is 0.446. The molecular formula is C10H18N4. The lowest BCUT2D eigenvalue weighted by Gasteiger charge is -2.00. The topological polar surface area (TPSA) is 42.7 Å². The zero-order chi connectivity index (χ0) is 10.1. The molecule has 4 heteroatoms. The van der Waals surface area contributed by atoms with Gasteiger partial charge in [0.15, 0.2) is 5.82 Å². The lowest BCUT2D eigenvalue weighted by molar-refractivity contribution is 0.634. The van der Waals surface area contributed by atoms with Gasteiger partial charge in [0.2, 0.25) is 0 Å². The fraction of sp³-hybridized carbons (Fsp3) is 0.800. The third kappa shape index (κ3) is 2.12. The van der Waals surface area contributed by atoms with E-state index in [9.17, 15) is 0 Å². The summed E-state index contributed by atoms with van der Waals surface area (Å²) in [6, 6.07) is 0.723. The van der Waals surface area contributed by atoms with Gasteiger partial charge in [-0.3, -0.25) is 4.68 Å². The Hall–Kier alpha value is -0.900. The van der Waals surface area contributed by atoms with Gasteiger partial charge in [0.25, 0.3) is 0 Å². The summed E-state index contributed by atoms with van der Waals surface area (Å²) in [4.78, 5) is 4.50. The average Bonchev–Trinajstić information content (AvgIpc) is 2.86. The Labute approximate surface area is 84.7 Å². The van der Waals surface area contributed by atoms with Crippen molar-refractivity contribution >= 4 is 0 Å². The van der Waals surface area contributed by atoms with Crippen molar-refractivity contribution in [2.45, 2.75) is 45.2 Å². The van der Waals surface area contributed by atoms with E-state index in [2.05, 4.69) is 29.2 Å². The average molecular weight is 194 g/mol. The van der Waals surface area contributed by atoms with Gasteiger partial charge in [-0.2, -0.15) is 5.10 Å². The van der Waals surface area contributed by atoms with Crippen molar-refractivity contribution in [2.24, 2.45) is 7.05 Å². The Kier molecular flexibility index (Phi) is 2.54. The molecule has 1 aliphatic rings. The molecule has 1 aromatic heterocycles. The normalized spacial score (nSPS) is 16.6. The van der Waals surface area contributed by atoms with Gasteiger partial charge in [0.1, 0.15) is 5.82 Å². The maximum Gasteiger partial charge on any atom is 0.164 e. The molecular weight excluding hydrogens is 176 g/mol. The van der Waals surface area contributed by atoms with Crippen molar-refractivity contribution in [3.63, 3.8) is 0 Å². The van der Waals surface area contributed by atoms with E-state index in [4.69, 9.17) is 0 Å². The monoisotopic (exact) mass is 194 g/mol. The molecule has 4 nitrogen and oxygen atoms in total. The standard InChI is InChI=1S/C10H18N4/c1-7(2)10-12-9(13-14(10)3)6-11-8-4-5-8/h7-8,11H,4-6H2,1-3H3. The van der Waals surface area contributed by atoms with E-state index < -0.39 is 0 Å². The highest BCUT2D eigenvalue weighted by atomic mass is 15.3. The fourth-order valence-electron chi connectivity index (χ4n) is 1.55. The van der Waals surface area contributed by atoms with Crippen LogP contribution in [0.15, 0.2) is 0 Å². The van der Waals surface area contributed by atoms with Crippen LogP contribution in [-0.4, -0.2) is 20.8 Å². The molecule has 0 saturated heterocycles. The summed E-state index contributed by atoms with van der Waals surface area (Å²) < 4.78 is 1.88. The Morgan fingerprint density at radius 3 is 2.71 bits per heavy atom. The molecule has 1 fully saturated rings. The van der Waals surface area contributed by atoms with Gasteiger partial charge >= 0.3 is 0 Å². The van der Waals surface area contributed by atoms with Crippen LogP contribution in [0.5, 0.6) is 0 Å². The van der Waals surface area contributed by atoms with Gasteiger partial charge in [-0.15, -0.1) is 0 Å². The van der Waals surface area contributed by atoms with Crippen LogP contribution in [0.3, 0.4) is 0 Å². The maximum atomic E-state index is 4.50. The summed E-state index contributed by atoms with van der Waals surface area (Å²) in [5.74, 6) is 2.43. The highest BCUT2D eigenvalue weighted by Gasteiger charge is 2.21. The summed E-state index contributed by atoms with van der Waals surface area (Å²) >= 11 is 0. The quantitative estimate of drug-likeness (QED) is 0.783. The second-order valence-corrected chi connectivity index (χ2v) is 4.32. The predicted molar refractivity (Wildman–Crippen MR) is 55.0 cm³/mol. The van der Waals surface area contributed by atoms with Crippen molar-refractivity contribution in [2.75, 3.05) is 0 Å². The summed E-state index contributed by atoms with van der Waals surface area (Å²) in [6.45, 7) is 5.09. The van der Waals surface area contributed by atoms with Gasteiger partial charge in [0, 0.05) is 19.0 Å². The van der Waals surface area contributed by atoms with Crippen LogP contribution in [0.25, 0.3) is 0 Å². The molecule has 1 heterocycles. The third-order valence-electron chi connectivity index (χ3n) is 2.48. The Bertz CT molecular complexity index is 312. The zero-order valence-corrected chi connectivity index (χ0v) is 9.12. The number of hydrogen-bond acceptors (Lipinski definition) is 3. The molecule has 0 bridgehead atoms. The molecule has 78 valence electrons. The molecule has 2 rings (SSSR count). The van der Waals surface area contributed by atoms with Crippen molar-refractivity contribution in [3.05, 3.63) is 11.6 Å². The third-order valence-corrected chi connectivity index (χ3v) is 2.48. The predicted octanol–water partition coefficient (Wildman–Crippen LogP) is 1.19. The van der Waals surface area contributed by atoms with Crippen LogP contribution < -0.4 is 5.32 Å². The van der Waals surface area contributed by atoms with Gasteiger partial charge < -0.3 is 5.32 Å². The van der Waals surface area contributed by atoms with Crippen molar-refractivity contribution in [3.8, 4) is 0 Å². The highest BCUT2D eigenvalue weighted by Crippen LogP contribution is 2.19. The molecule has 1 saturated carbocycles. The molecule has 0 spiro atoms. The lowest BCUT2D eigenvalue weighted by atomic mass is 10.2. The van der Waals surface area contributed by atoms with E-state index in [0.717, 1.165) is 24.2 Å². The molecule has 0 atom stereocenters. The summed E-state index contributed by atoms with van der Waals surface area (Å²) in [6.07, 6.45) is 2.62. The second-order valence-electron chi connectivity index (χ2n) is 4.32. The summed E-state index contributed by atoms with van der Waals surface area (Å²) in [7, 11) is 1.96.